The number of pyridine rings is 1. The van der Waals surface area contributed by atoms with E-state index in [2.05, 4.69) is 16.0 Å². The fourth-order valence-electron chi connectivity index (χ4n) is 3.06. The Morgan fingerprint density at radius 2 is 2.00 bits per heavy atom. The van der Waals surface area contributed by atoms with Gasteiger partial charge in [0.1, 0.15) is 5.01 Å². The maximum Gasteiger partial charge on any atom is 0.233 e. The van der Waals surface area contributed by atoms with Crippen LogP contribution in [0.4, 0.5) is 5.69 Å². The van der Waals surface area contributed by atoms with Gasteiger partial charge < -0.3 is 4.90 Å². The van der Waals surface area contributed by atoms with Gasteiger partial charge in [-0.1, -0.05) is 18.2 Å². The number of carbonyl (C=O) groups is 1. The van der Waals surface area contributed by atoms with Crippen LogP contribution in [0.15, 0.2) is 54.2 Å². The number of para-hydroxylation sites is 1. The lowest BCUT2D eigenvalue weighted by atomic mass is 10.0. The van der Waals surface area contributed by atoms with Gasteiger partial charge in [0.15, 0.2) is 0 Å². The molecule has 3 heterocycles. The van der Waals surface area contributed by atoms with E-state index in [1.54, 1.807) is 23.7 Å². The maximum atomic E-state index is 12.8. The van der Waals surface area contributed by atoms with Crippen molar-refractivity contribution in [3.05, 3.63) is 65.4 Å². The Hall–Kier alpha value is -2.53. The highest BCUT2D eigenvalue weighted by Gasteiger charge is 2.22. The first-order chi connectivity index (χ1) is 11.8. The highest BCUT2D eigenvalue weighted by molar-refractivity contribution is 7.13. The van der Waals surface area contributed by atoms with Crippen LogP contribution >= 0.6 is 11.3 Å². The molecule has 0 fully saturated rings. The molecule has 4 nitrogen and oxygen atoms in total. The molecule has 1 aliphatic heterocycles. The quantitative estimate of drug-likeness (QED) is 0.733. The van der Waals surface area contributed by atoms with Gasteiger partial charge in [0, 0.05) is 35.6 Å². The van der Waals surface area contributed by atoms with E-state index in [0.717, 1.165) is 41.3 Å². The van der Waals surface area contributed by atoms with Crippen molar-refractivity contribution < 1.29 is 4.79 Å². The van der Waals surface area contributed by atoms with Crippen LogP contribution in [0, 0.1) is 0 Å². The molecule has 1 amide bonds. The van der Waals surface area contributed by atoms with Crippen molar-refractivity contribution in [2.45, 2.75) is 19.3 Å². The standard InChI is InChI=1S/C19H17N3OS/c23-18(22-11-3-5-14-4-1-2-6-17(14)22)12-16-13-24-19(21-16)15-7-9-20-10-8-15/h1-2,4,6-10,13H,3,5,11-12H2. The number of carbonyl (C=O) groups excluding carboxylic acids is 1. The second-order valence-corrected chi connectivity index (χ2v) is 6.69. The van der Waals surface area contributed by atoms with Crippen molar-refractivity contribution in [3.8, 4) is 10.6 Å². The molecular formula is C19H17N3OS. The number of anilines is 1. The molecule has 24 heavy (non-hydrogen) atoms. The smallest absolute Gasteiger partial charge is 0.233 e. The second-order valence-electron chi connectivity index (χ2n) is 5.83. The van der Waals surface area contributed by atoms with E-state index < -0.39 is 0 Å². The van der Waals surface area contributed by atoms with Crippen molar-refractivity contribution in [2.24, 2.45) is 0 Å². The zero-order valence-corrected chi connectivity index (χ0v) is 14.0. The van der Waals surface area contributed by atoms with Crippen LogP contribution < -0.4 is 4.90 Å². The summed E-state index contributed by atoms with van der Waals surface area (Å²) in [5.41, 5.74) is 4.18. The first kappa shape index (κ1) is 15.0. The minimum Gasteiger partial charge on any atom is -0.312 e. The van der Waals surface area contributed by atoms with Crippen molar-refractivity contribution in [3.63, 3.8) is 0 Å². The van der Waals surface area contributed by atoms with E-state index in [1.807, 2.05) is 40.6 Å². The number of thiazole rings is 1. The Morgan fingerprint density at radius 3 is 2.88 bits per heavy atom. The van der Waals surface area contributed by atoms with Gasteiger partial charge in [-0.15, -0.1) is 11.3 Å². The normalized spacial score (nSPS) is 13.6. The average molecular weight is 335 g/mol. The molecule has 0 N–H and O–H groups in total. The van der Waals surface area contributed by atoms with E-state index in [-0.39, 0.29) is 5.91 Å². The fraction of sp³-hybridized carbons (Fsp3) is 0.211. The third kappa shape index (κ3) is 2.95. The van der Waals surface area contributed by atoms with Crippen molar-refractivity contribution in [2.75, 3.05) is 11.4 Å². The monoisotopic (exact) mass is 335 g/mol. The number of rotatable bonds is 3. The van der Waals surface area contributed by atoms with Crippen LogP contribution in [-0.4, -0.2) is 22.4 Å². The van der Waals surface area contributed by atoms with E-state index >= 15 is 0 Å². The molecule has 0 saturated carbocycles. The van der Waals surface area contributed by atoms with Gasteiger partial charge in [-0.25, -0.2) is 4.98 Å². The molecule has 0 radical (unpaired) electrons. The van der Waals surface area contributed by atoms with Gasteiger partial charge in [-0.3, -0.25) is 9.78 Å². The number of nitrogens with zero attached hydrogens (tertiary/aromatic N) is 3. The Morgan fingerprint density at radius 1 is 1.17 bits per heavy atom. The Labute approximate surface area is 144 Å². The molecule has 5 heteroatoms. The molecule has 2 aromatic heterocycles. The highest BCUT2D eigenvalue weighted by atomic mass is 32.1. The molecule has 1 aromatic carbocycles. The summed E-state index contributed by atoms with van der Waals surface area (Å²) in [5.74, 6) is 0.119. The first-order valence-corrected chi connectivity index (χ1v) is 8.92. The lowest BCUT2D eigenvalue weighted by Gasteiger charge is -2.29. The third-order valence-corrected chi connectivity index (χ3v) is 5.16. The summed E-state index contributed by atoms with van der Waals surface area (Å²) in [4.78, 5) is 23.3. The highest BCUT2D eigenvalue weighted by Crippen LogP contribution is 2.28. The molecule has 0 saturated heterocycles. The van der Waals surface area contributed by atoms with E-state index in [1.165, 1.54) is 5.56 Å². The summed E-state index contributed by atoms with van der Waals surface area (Å²) >= 11 is 1.57. The summed E-state index contributed by atoms with van der Waals surface area (Å²) in [5, 5.41) is 2.91. The zero-order valence-electron chi connectivity index (χ0n) is 13.2. The molecule has 0 aliphatic carbocycles. The van der Waals surface area contributed by atoms with Crippen LogP contribution in [0.25, 0.3) is 10.6 Å². The Balaban J connectivity index is 1.53. The molecule has 120 valence electrons. The van der Waals surface area contributed by atoms with Gasteiger partial charge in [0.05, 0.1) is 12.1 Å². The molecule has 0 unspecified atom stereocenters. The Bertz CT molecular complexity index is 860. The predicted octanol–water partition coefficient (Wildman–Crippen LogP) is 3.73. The van der Waals surface area contributed by atoms with Crippen LogP contribution in [-0.2, 0) is 17.6 Å². The molecular weight excluding hydrogens is 318 g/mol. The maximum absolute atomic E-state index is 12.8. The predicted molar refractivity (Wildman–Crippen MR) is 96.2 cm³/mol. The van der Waals surface area contributed by atoms with Crippen molar-refractivity contribution >= 4 is 22.9 Å². The molecule has 0 bridgehead atoms. The van der Waals surface area contributed by atoms with Crippen molar-refractivity contribution in [1.29, 1.82) is 0 Å². The topological polar surface area (TPSA) is 46.1 Å². The molecule has 4 rings (SSSR count). The summed E-state index contributed by atoms with van der Waals surface area (Å²) < 4.78 is 0. The lowest BCUT2D eigenvalue weighted by molar-refractivity contribution is -0.118. The SMILES string of the molecule is O=C(Cc1csc(-c2ccncc2)n1)N1CCCc2ccccc21. The zero-order chi connectivity index (χ0) is 16.4. The number of fused-ring (bicyclic) bond motifs is 1. The molecule has 1 aliphatic rings. The summed E-state index contributed by atoms with van der Waals surface area (Å²) in [6, 6.07) is 12.1. The third-order valence-electron chi connectivity index (χ3n) is 4.22. The van der Waals surface area contributed by atoms with E-state index in [0.29, 0.717) is 6.42 Å². The molecule has 0 atom stereocenters. The van der Waals surface area contributed by atoms with Gasteiger partial charge in [0.25, 0.3) is 0 Å². The van der Waals surface area contributed by atoms with Crippen LogP contribution in [0.3, 0.4) is 0 Å². The van der Waals surface area contributed by atoms with Gasteiger partial charge in [0.2, 0.25) is 5.91 Å². The summed E-state index contributed by atoms with van der Waals surface area (Å²) in [6.07, 6.45) is 5.92. The lowest BCUT2D eigenvalue weighted by Crippen LogP contribution is -2.36. The Kier molecular flexibility index (Phi) is 4.09. The number of amides is 1. The van der Waals surface area contributed by atoms with Gasteiger partial charge in [-0.05, 0) is 36.6 Å². The average Bonchev–Trinajstić information content (AvgIpc) is 3.10. The number of hydrogen-bond donors (Lipinski definition) is 0. The number of aryl methyl sites for hydroxylation is 1. The van der Waals surface area contributed by atoms with Gasteiger partial charge in [-0.2, -0.15) is 0 Å². The summed E-state index contributed by atoms with van der Waals surface area (Å²) in [6.45, 7) is 0.789. The molecule has 3 aromatic rings. The first-order valence-electron chi connectivity index (χ1n) is 8.04. The fourth-order valence-corrected chi connectivity index (χ4v) is 3.88. The second kappa shape index (κ2) is 6.53. The van der Waals surface area contributed by atoms with E-state index in [9.17, 15) is 4.79 Å². The van der Waals surface area contributed by atoms with Crippen LogP contribution in [0.1, 0.15) is 17.7 Å². The van der Waals surface area contributed by atoms with Crippen LogP contribution in [0.2, 0.25) is 0 Å². The minimum atomic E-state index is 0.119. The number of aromatic nitrogens is 2. The van der Waals surface area contributed by atoms with Gasteiger partial charge >= 0.3 is 0 Å². The minimum absolute atomic E-state index is 0.119. The molecule has 0 spiro atoms. The largest absolute Gasteiger partial charge is 0.312 e. The number of benzene rings is 1. The van der Waals surface area contributed by atoms with Crippen LogP contribution in [0.5, 0.6) is 0 Å². The summed E-state index contributed by atoms with van der Waals surface area (Å²) in [7, 11) is 0. The number of hydrogen-bond acceptors (Lipinski definition) is 4. The van der Waals surface area contributed by atoms with E-state index in [4.69, 9.17) is 0 Å². The van der Waals surface area contributed by atoms with Crippen molar-refractivity contribution in [1.82, 2.24) is 9.97 Å².